The number of likely N-dealkylation sites (N-methyl/N-ethyl adjacent to an activating group) is 1. The number of halogens is 2. The molecule has 0 bridgehead atoms. The molecule has 42 heavy (non-hydrogen) atoms. The number of ether oxygens (including phenoxy) is 2. The van der Waals surface area contributed by atoms with Gasteiger partial charge < -0.3 is 29.6 Å². The normalized spacial score (nSPS) is 15.9. The molecule has 2 N–H and O–H groups in total. The number of carbonyl (C=O) groups is 4. The van der Waals surface area contributed by atoms with Gasteiger partial charge in [-0.15, -0.1) is 0 Å². The first-order valence-corrected chi connectivity index (χ1v) is 14.0. The predicted octanol–water partition coefficient (Wildman–Crippen LogP) is 4.86. The first-order chi connectivity index (χ1) is 19.8. The summed E-state index contributed by atoms with van der Waals surface area (Å²) in [6, 6.07) is 9.01. The van der Waals surface area contributed by atoms with Crippen LogP contribution in [0.4, 0.5) is 9.18 Å². The highest BCUT2D eigenvalue weighted by molar-refractivity contribution is 6.31. The number of benzene rings is 2. The number of H-pyrrole nitrogens is 1. The van der Waals surface area contributed by atoms with Crippen LogP contribution in [0.2, 0.25) is 5.02 Å². The number of nitrogens with one attached hydrogen (secondary N) is 2. The number of piperidine rings is 1. The molecule has 0 atom stereocenters. The number of nitrogens with zero attached hydrogens (tertiary/aromatic N) is 2. The number of esters is 1. The minimum absolute atomic E-state index is 0.0746. The molecule has 2 aliphatic heterocycles. The van der Waals surface area contributed by atoms with Gasteiger partial charge in [0.1, 0.15) is 22.7 Å². The Bertz CT molecular complexity index is 1590. The quantitative estimate of drug-likeness (QED) is 0.405. The molecular formula is C30H32ClFN4O6. The minimum Gasteiger partial charge on any atom is -0.450 e. The van der Waals surface area contributed by atoms with E-state index >= 15 is 0 Å². The van der Waals surface area contributed by atoms with Crippen LogP contribution in [-0.4, -0.2) is 77.5 Å². The Morgan fingerprint density at radius 1 is 1.17 bits per heavy atom. The van der Waals surface area contributed by atoms with E-state index in [0.717, 1.165) is 0 Å². The molecule has 0 aliphatic carbocycles. The molecule has 0 radical (unpaired) electrons. The van der Waals surface area contributed by atoms with Crippen LogP contribution in [0.1, 0.15) is 70.4 Å². The Morgan fingerprint density at radius 3 is 2.57 bits per heavy atom. The standard InChI is InChI=1S/C30H32ClFN4O6/c1-29(2,3)42-28(40)35(4)14-11-33-25(37)24-23(19-7-5-17(31)15-22(19)34-24)26(38)36-12-9-30(10-13-36)21-8-6-18(32)16-20(21)27(39)41-30/h5-8,15-16,34H,9-14H2,1-4H3,(H,33,37). The summed E-state index contributed by atoms with van der Waals surface area (Å²) in [6.45, 7) is 6.12. The minimum atomic E-state index is -0.926. The fraction of sp³-hybridized carbons (Fsp3) is 0.400. The third kappa shape index (κ3) is 5.65. The molecule has 1 spiro atoms. The second-order valence-corrected chi connectivity index (χ2v) is 12.0. The van der Waals surface area contributed by atoms with E-state index in [0.29, 0.717) is 34.3 Å². The van der Waals surface area contributed by atoms with Gasteiger partial charge >= 0.3 is 12.1 Å². The largest absolute Gasteiger partial charge is 0.450 e. The molecule has 0 saturated carbocycles. The van der Waals surface area contributed by atoms with E-state index in [1.807, 2.05) is 0 Å². The van der Waals surface area contributed by atoms with Gasteiger partial charge in [0.2, 0.25) is 0 Å². The van der Waals surface area contributed by atoms with Crippen LogP contribution in [-0.2, 0) is 15.1 Å². The maximum atomic E-state index is 13.9. The number of fused-ring (bicyclic) bond motifs is 3. The van der Waals surface area contributed by atoms with E-state index < -0.39 is 35.0 Å². The lowest BCUT2D eigenvalue weighted by Crippen LogP contribution is -2.45. The molecule has 222 valence electrons. The fourth-order valence-corrected chi connectivity index (χ4v) is 5.56. The molecule has 5 rings (SSSR count). The summed E-state index contributed by atoms with van der Waals surface area (Å²) < 4.78 is 24.8. The third-order valence-corrected chi connectivity index (χ3v) is 7.71. The maximum Gasteiger partial charge on any atom is 0.410 e. The van der Waals surface area contributed by atoms with Gasteiger partial charge in [-0.25, -0.2) is 14.0 Å². The maximum absolute atomic E-state index is 13.9. The van der Waals surface area contributed by atoms with Crippen molar-refractivity contribution in [1.82, 2.24) is 20.1 Å². The van der Waals surface area contributed by atoms with Gasteiger partial charge in [0.05, 0.1) is 11.1 Å². The Kier molecular flexibility index (Phi) is 7.65. The summed E-state index contributed by atoms with van der Waals surface area (Å²) in [5.41, 5.74) is 0.0526. The monoisotopic (exact) mass is 598 g/mol. The summed E-state index contributed by atoms with van der Waals surface area (Å²) in [7, 11) is 1.57. The molecule has 1 fully saturated rings. The fourth-order valence-electron chi connectivity index (χ4n) is 5.39. The van der Waals surface area contributed by atoms with E-state index in [-0.39, 0.29) is 48.9 Å². The van der Waals surface area contributed by atoms with Crippen LogP contribution in [0.25, 0.3) is 10.9 Å². The van der Waals surface area contributed by atoms with Crippen molar-refractivity contribution in [1.29, 1.82) is 0 Å². The van der Waals surface area contributed by atoms with Crippen molar-refractivity contribution in [3.8, 4) is 0 Å². The van der Waals surface area contributed by atoms with Gasteiger partial charge in [0, 0.05) is 67.6 Å². The van der Waals surface area contributed by atoms with Crippen molar-refractivity contribution < 1.29 is 33.0 Å². The molecule has 10 nitrogen and oxygen atoms in total. The van der Waals surface area contributed by atoms with Crippen molar-refractivity contribution >= 4 is 46.4 Å². The van der Waals surface area contributed by atoms with Gasteiger partial charge in [-0.2, -0.15) is 0 Å². The summed E-state index contributed by atoms with van der Waals surface area (Å²) in [5.74, 6) is -1.97. The number of likely N-dealkylation sites (tertiary alicyclic amines) is 1. The average Bonchev–Trinajstić information content (AvgIpc) is 3.42. The number of aromatic nitrogens is 1. The third-order valence-electron chi connectivity index (χ3n) is 7.48. The summed E-state index contributed by atoms with van der Waals surface area (Å²) in [6.07, 6.45) is 0.141. The van der Waals surface area contributed by atoms with Crippen LogP contribution in [0, 0.1) is 5.82 Å². The van der Waals surface area contributed by atoms with Crippen LogP contribution in [0.3, 0.4) is 0 Å². The molecule has 0 unspecified atom stereocenters. The molecule has 1 saturated heterocycles. The number of hydrogen-bond donors (Lipinski definition) is 2. The first-order valence-electron chi connectivity index (χ1n) is 13.6. The van der Waals surface area contributed by atoms with Crippen LogP contribution in [0.15, 0.2) is 36.4 Å². The van der Waals surface area contributed by atoms with Gasteiger partial charge in [-0.1, -0.05) is 23.7 Å². The Balaban J connectivity index is 1.33. The Labute approximate surface area is 247 Å². The van der Waals surface area contributed by atoms with Crippen molar-refractivity contribution in [3.63, 3.8) is 0 Å². The van der Waals surface area contributed by atoms with Crippen molar-refractivity contribution in [3.05, 3.63) is 69.6 Å². The zero-order valence-electron chi connectivity index (χ0n) is 23.8. The highest BCUT2D eigenvalue weighted by Gasteiger charge is 2.48. The molecule has 3 heterocycles. The first kappa shape index (κ1) is 29.4. The van der Waals surface area contributed by atoms with E-state index in [1.165, 1.54) is 17.0 Å². The summed E-state index contributed by atoms with van der Waals surface area (Å²) >= 11 is 6.18. The van der Waals surface area contributed by atoms with Gasteiger partial charge in [0.25, 0.3) is 11.8 Å². The predicted molar refractivity (Wildman–Crippen MR) is 153 cm³/mol. The highest BCUT2D eigenvalue weighted by atomic mass is 35.5. The molecule has 3 amide bonds. The molecule has 12 heteroatoms. The Hall–Kier alpha value is -4.12. The van der Waals surface area contributed by atoms with Crippen LogP contribution in [0.5, 0.6) is 0 Å². The van der Waals surface area contributed by atoms with Gasteiger partial charge in [0.15, 0.2) is 0 Å². The second-order valence-electron chi connectivity index (χ2n) is 11.6. The number of carbonyl (C=O) groups excluding carboxylic acids is 4. The zero-order valence-corrected chi connectivity index (χ0v) is 24.6. The number of rotatable bonds is 5. The second kappa shape index (κ2) is 10.9. The number of hydrogen-bond acceptors (Lipinski definition) is 6. The van der Waals surface area contributed by atoms with Gasteiger partial charge in [-0.05, 0) is 45.0 Å². The highest BCUT2D eigenvalue weighted by Crippen LogP contribution is 2.44. The topological polar surface area (TPSA) is 121 Å². The lowest BCUT2D eigenvalue weighted by Gasteiger charge is -2.38. The molecule has 3 aromatic rings. The van der Waals surface area contributed by atoms with E-state index in [2.05, 4.69) is 10.3 Å². The smallest absolute Gasteiger partial charge is 0.410 e. The van der Waals surface area contributed by atoms with Crippen LogP contribution < -0.4 is 5.32 Å². The zero-order chi connectivity index (χ0) is 30.4. The lowest BCUT2D eigenvalue weighted by atomic mass is 9.83. The summed E-state index contributed by atoms with van der Waals surface area (Å²) in [4.78, 5) is 57.9. The molecule has 2 aliphatic rings. The average molecular weight is 599 g/mol. The van der Waals surface area contributed by atoms with E-state index in [4.69, 9.17) is 21.1 Å². The number of aromatic amines is 1. The van der Waals surface area contributed by atoms with E-state index in [1.54, 1.807) is 57.0 Å². The molecule has 2 aromatic carbocycles. The molecular weight excluding hydrogens is 567 g/mol. The van der Waals surface area contributed by atoms with Crippen LogP contribution >= 0.6 is 11.6 Å². The Morgan fingerprint density at radius 2 is 1.88 bits per heavy atom. The van der Waals surface area contributed by atoms with Gasteiger partial charge in [-0.3, -0.25) is 9.59 Å². The van der Waals surface area contributed by atoms with Crippen molar-refractivity contribution in [2.45, 2.75) is 44.8 Å². The number of amides is 3. The van der Waals surface area contributed by atoms with Crippen molar-refractivity contribution in [2.24, 2.45) is 0 Å². The summed E-state index contributed by atoms with van der Waals surface area (Å²) in [5, 5.41) is 3.74. The van der Waals surface area contributed by atoms with Crippen molar-refractivity contribution in [2.75, 3.05) is 33.2 Å². The van der Waals surface area contributed by atoms with E-state index in [9.17, 15) is 23.6 Å². The molecule has 1 aromatic heterocycles. The SMILES string of the molecule is CN(CCNC(=O)c1[nH]c2cc(Cl)ccc2c1C(=O)N1CCC2(CC1)OC(=O)c1cc(F)ccc12)C(=O)OC(C)(C)C. The lowest BCUT2D eigenvalue weighted by molar-refractivity contribution is -0.0389.